The zero-order valence-electron chi connectivity index (χ0n) is 11.6. The van der Waals surface area contributed by atoms with Crippen molar-refractivity contribution in [3.63, 3.8) is 0 Å². The number of hydrogen-bond donors (Lipinski definition) is 1. The Kier molecular flexibility index (Phi) is 5.25. The second kappa shape index (κ2) is 6.29. The smallest absolute Gasteiger partial charge is 0.155 e. The number of rotatable bonds is 7. The molecule has 0 saturated heterocycles. The summed E-state index contributed by atoms with van der Waals surface area (Å²) in [6, 6.07) is 1.11. The first-order valence-electron chi connectivity index (χ1n) is 6.22. The number of sulfone groups is 1. The van der Waals surface area contributed by atoms with Crippen LogP contribution in [0.5, 0.6) is 0 Å². The minimum absolute atomic E-state index is 0.0635. The van der Waals surface area contributed by atoms with Gasteiger partial charge in [-0.1, -0.05) is 0 Å². The summed E-state index contributed by atoms with van der Waals surface area (Å²) in [7, 11) is -3.08. The Balaban J connectivity index is 2.63. The summed E-state index contributed by atoms with van der Waals surface area (Å²) in [5.74, 6) is -0.218. The van der Waals surface area contributed by atoms with Gasteiger partial charge in [0.1, 0.15) is 9.84 Å². The quantitative estimate of drug-likeness (QED) is 0.766. The normalized spacial score (nSPS) is 13.5. The van der Waals surface area contributed by atoms with E-state index in [0.29, 0.717) is 6.54 Å². The molecule has 0 amide bonds. The van der Waals surface area contributed by atoms with Crippen molar-refractivity contribution in [1.29, 1.82) is 0 Å². The number of carbonyl (C=O) groups excluding carboxylic acids is 1. The van der Waals surface area contributed by atoms with Crippen molar-refractivity contribution in [3.05, 3.63) is 17.5 Å². The third kappa shape index (κ3) is 5.12. The molecule has 7 heteroatoms. The molecular formula is C12H21N3O3S. The molecule has 2 N–H and O–H groups in total. The monoisotopic (exact) mass is 287 g/mol. The first kappa shape index (κ1) is 15.8. The lowest BCUT2D eigenvalue weighted by Gasteiger charge is -2.10. The van der Waals surface area contributed by atoms with E-state index in [1.165, 1.54) is 0 Å². The topological polar surface area (TPSA) is 95.0 Å². The SMILES string of the molecule is CCn1nc(C)cc1CC(=O)C(N)CCS(C)(=O)=O. The van der Waals surface area contributed by atoms with Gasteiger partial charge in [-0.3, -0.25) is 9.48 Å². The van der Waals surface area contributed by atoms with Gasteiger partial charge in [-0.15, -0.1) is 0 Å². The lowest BCUT2D eigenvalue weighted by molar-refractivity contribution is -0.119. The Morgan fingerprint density at radius 3 is 2.68 bits per heavy atom. The summed E-state index contributed by atoms with van der Waals surface area (Å²) in [4.78, 5) is 11.9. The van der Waals surface area contributed by atoms with Gasteiger partial charge >= 0.3 is 0 Å². The van der Waals surface area contributed by atoms with Crippen LogP contribution in [0.3, 0.4) is 0 Å². The number of nitrogens with zero attached hydrogens (tertiary/aromatic N) is 2. The molecule has 0 aromatic carbocycles. The highest BCUT2D eigenvalue weighted by Crippen LogP contribution is 2.07. The van der Waals surface area contributed by atoms with E-state index in [2.05, 4.69) is 5.10 Å². The highest BCUT2D eigenvalue weighted by atomic mass is 32.2. The fraction of sp³-hybridized carbons (Fsp3) is 0.667. The minimum atomic E-state index is -3.08. The molecule has 6 nitrogen and oxygen atoms in total. The molecule has 0 fully saturated rings. The maximum atomic E-state index is 11.9. The summed E-state index contributed by atoms with van der Waals surface area (Å²) in [6.07, 6.45) is 1.50. The molecule has 108 valence electrons. The van der Waals surface area contributed by atoms with E-state index in [0.717, 1.165) is 17.6 Å². The Bertz CT molecular complexity index is 549. The van der Waals surface area contributed by atoms with Crippen LogP contribution < -0.4 is 5.73 Å². The van der Waals surface area contributed by atoms with Gasteiger partial charge in [-0.25, -0.2) is 8.42 Å². The molecule has 0 aliphatic heterocycles. The van der Waals surface area contributed by atoms with Crippen LogP contribution in [-0.4, -0.2) is 42.0 Å². The van der Waals surface area contributed by atoms with Gasteiger partial charge in [0.15, 0.2) is 5.78 Å². The molecule has 1 aromatic rings. The van der Waals surface area contributed by atoms with Crippen LogP contribution >= 0.6 is 0 Å². The third-order valence-electron chi connectivity index (χ3n) is 2.85. The van der Waals surface area contributed by atoms with Gasteiger partial charge in [-0.05, 0) is 26.3 Å². The summed E-state index contributed by atoms with van der Waals surface area (Å²) in [5.41, 5.74) is 7.40. The molecule has 0 aliphatic rings. The van der Waals surface area contributed by atoms with Crippen molar-refractivity contribution in [3.8, 4) is 0 Å². The Morgan fingerprint density at radius 1 is 1.53 bits per heavy atom. The van der Waals surface area contributed by atoms with Gasteiger partial charge in [0.2, 0.25) is 0 Å². The number of aromatic nitrogens is 2. The molecular weight excluding hydrogens is 266 g/mol. The highest BCUT2D eigenvalue weighted by Gasteiger charge is 2.18. The van der Waals surface area contributed by atoms with Gasteiger partial charge < -0.3 is 5.73 Å². The second-order valence-electron chi connectivity index (χ2n) is 4.76. The molecule has 1 heterocycles. The molecule has 1 atom stereocenters. The highest BCUT2D eigenvalue weighted by molar-refractivity contribution is 7.90. The van der Waals surface area contributed by atoms with Crippen LogP contribution in [0.15, 0.2) is 6.07 Å². The fourth-order valence-electron chi connectivity index (χ4n) is 1.83. The minimum Gasteiger partial charge on any atom is -0.321 e. The number of carbonyl (C=O) groups is 1. The van der Waals surface area contributed by atoms with Crippen molar-refractivity contribution in [2.75, 3.05) is 12.0 Å². The van der Waals surface area contributed by atoms with Crippen molar-refractivity contribution >= 4 is 15.6 Å². The molecule has 1 aromatic heterocycles. The number of hydrogen-bond acceptors (Lipinski definition) is 5. The molecule has 1 rings (SSSR count). The average Bonchev–Trinajstić information content (AvgIpc) is 2.65. The van der Waals surface area contributed by atoms with Crippen LogP contribution in [0.2, 0.25) is 0 Å². The molecule has 1 unspecified atom stereocenters. The van der Waals surface area contributed by atoms with E-state index in [9.17, 15) is 13.2 Å². The Labute approximate surface area is 113 Å². The predicted molar refractivity (Wildman–Crippen MR) is 73.7 cm³/mol. The first-order chi connectivity index (χ1) is 8.73. The maximum Gasteiger partial charge on any atom is 0.155 e. The maximum absolute atomic E-state index is 11.9. The zero-order valence-corrected chi connectivity index (χ0v) is 12.4. The number of aryl methyl sites for hydroxylation is 2. The number of ketones is 1. The van der Waals surface area contributed by atoms with Crippen LogP contribution in [0.4, 0.5) is 0 Å². The predicted octanol–water partition coefficient (Wildman–Crippen LogP) is 0.0850. The van der Waals surface area contributed by atoms with Crippen molar-refractivity contribution in [1.82, 2.24) is 9.78 Å². The lowest BCUT2D eigenvalue weighted by atomic mass is 10.1. The van der Waals surface area contributed by atoms with E-state index < -0.39 is 15.9 Å². The van der Waals surface area contributed by atoms with E-state index in [-0.39, 0.29) is 24.4 Å². The first-order valence-corrected chi connectivity index (χ1v) is 8.28. The van der Waals surface area contributed by atoms with Crippen LogP contribution in [0.25, 0.3) is 0 Å². The average molecular weight is 287 g/mol. The second-order valence-corrected chi connectivity index (χ2v) is 7.02. The van der Waals surface area contributed by atoms with E-state index in [1.54, 1.807) is 4.68 Å². The fourth-order valence-corrected chi connectivity index (χ4v) is 2.51. The molecule has 0 aliphatic carbocycles. The van der Waals surface area contributed by atoms with E-state index in [1.807, 2.05) is 19.9 Å². The van der Waals surface area contributed by atoms with Gasteiger partial charge in [0, 0.05) is 18.5 Å². The van der Waals surface area contributed by atoms with E-state index in [4.69, 9.17) is 5.73 Å². The summed E-state index contributed by atoms with van der Waals surface area (Å²) < 4.78 is 23.8. The summed E-state index contributed by atoms with van der Waals surface area (Å²) in [5, 5.41) is 4.25. The van der Waals surface area contributed by atoms with Crippen molar-refractivity contribution in [2.45, 2.75) is 39.3 Å². The zero-order chi connectivity index (χ0) is 14.6. The van der Waals surface area contributed by atoms with Crippen LogP contribution in [-0.2, 0) is 27.6 Å². The largest absolute Gasteiger partial charge is 0.321 e. The van der Waals surface area contributed by atoms with Gasteiger partial charge in [-0.2, -0.15) is 5.10 Å². The Morgan fingerprint density at radius 2 is 2.16 bits per heavy atom. The third-order valence-corrected chi connectivity index (χ3v) is 3.83. The molecule has 0 bridgehead atoms. The lowest BCUT2D eigenvalue weighted by Crippen LogP contribution is -2.34. The van der Waals surface area contributed by atoms with Crippen molar-refractivity contribution in [2.24, 2.45) is 5.73 Å². The number of Topliss-reactive ketones (excluding diaryl/α,β-unsaturated/α-hetero) is 1. The van der Waals surface area contributed by atoms with Crippen LogP contribution in [0.1, 0.15) is 24.7 Å². The molecule has 19 heavy (non-hydrogen) atoms. The summed E-state index contributed by atoms with van der Waals surface area (Å²) >= 11 is 0. The standard InChI is InChI=1S/C12H21N3O3S/c1-4-15-10(7-9(2)14-15)8-12(16)11(13)5-6-19(3,17)18/h7,11H,4-6,8,13H2,1-3H3. The van der Waals surface area contributed by atoms with Gasteiger partial charge in [0.05, 0.1) is 23.9 Å². The molecule has 0 saturated carbocycles. The van der Waals surface area contributed by atoms with Gasteiger partial charge in [0.25, 0.3) is 0 Å². The summed E-state index contributed by atoms with van der Waals surface area (Å²) in [6.45, 7) is 4.50. The Hall–Kier alpha value is -1.21. The van der Waals surface area contributed by atoms with Crippen LogP contribution in [0, 0.1) is 6.92 Å². The molecule has 0 radical (unpaired) electrons. The van der Waals surface area contributed by atoms with Crippen molar-refractivity contribution < 1.29 is 13.2 Å². The van der Waals surface area contributed by atoms with E-state index >= 15 is 0 Å². The number of nitrogens with two attached hydrogens (primary N) is 1. The molecule has 0 spiro atoms.